The molecule has 0 saturated carbocycles. The van der Waals surface area contributed by atoms with Crippen molar-refractivity contribution in [1.29, 1.82) is 0 Å². The van der Waals surface area contributed by atoms with E-state index in [1.54, 1.807) is 7.11 Å². The maximum atomic E-state index is 5.85. The summed E-state index contributed by atoms with van der Waals surface area (Å²) in [6, 6.07) is 5.93. The Morgan fingerprint density at radius 1 is 1.50 bits per heavy atom. The summed E-state index contributed by atoms with van der Waals surface area (Å²) in [5, 5.41) is 3.39. The van der Waals surface area contributed by atoms with Gasteiger partial charge in [0, 0.05) is 23.6 Å². The van der Waals surface area contributed by atoms with E-state index in [9.17, 15) is 0 Å². The van der Waals surface area contributed by atoms with Crippen molar-refractivity contribution < 1.29 is 9.47 Å². The molecule has 0 aliphatic heterocycles. The zero-order valence-electron chi connectivity index (χ0n) is 12.1. The zero-order chi connectivity index (χ0) is 15.0. The number of benzene rings is 1. The van der Waals surface area contributed by atoms with Gasteiger partial charge in [-0.1, -0.05) is 28.1 Å². The molecule has 1 rings (SSSR count). The third kappa shape index (κ3) is 5.63. The van der Waals surface area contributed by atoms with E-state index >= 15 is 0 Å². The lowest BCUT2D eigenvalue weighted by Gasteiger charge is -2.19. The molecule has 0 spiro atoms. The lowest BCUT2D eigenvalue weighted by atomic mass is 10.1. The maximum absolute atomic E-state index is 5.85. The quantitative estimate of drug-likeness (QED) is 0.535. The summed E-state index contributed by atoms with van der Waals surface area (Å²) in [7, 11) is 1.66. The van der Waals surface area contributed by atoms with E-state index in [1.807, 2.05) is 25.1 Å². The largest absolute Gasteiger partial charge is 0.497 e. The van der Waals surface area contributed by atoms with Crippen molar-refractivity contribution in [3.8, 4) is 5.75 Å². The Balaban J connectivity index is 2.55. The molecule has 0 aliphatic carbocycles. The summed E-state index contributed by atoms with van der Waals surface area (Å²) in [5.41, 5.74) is 7.96. The monoisotopic (exact) mass is 342 g/mol. The van der Waals surface area contributed by atoms with Crippen molar-refractivity contribution in [2.45, 2.75) is 13.0 Å². The summed E-state index contributed by atoms with van der Waals surface area (Å²) in [4.78, 5) is 0. The van der Waals surface area contributed by atoms with Crippen molar-refractivity contribution in [3.63, 3.8) is 0 Å². The number of methoxy groups -OCH3 is 1. The Morgan fingerprint density at radius 3 is 2.85 bits per heavy atom. The molecular formula is C15H23BrN2O2. The molecule has 112 valence electrons. The minimum atomic E-state index is 0.0629. The Labute approximate surface area is 129 Å². The first kappa shape index (κ1) is 17.2. The molecule has 1 aromatic rings. The van der Waals surface area contributed by atoms with Gasteiger partial charge in [0.05, 0.1) is 20.3 Å². The molecule has 1 unspecified atom stereocenters. The molecule has 1 atom stereocenters. The van der Waals surface area contributed by atoms with Crippen LogP contribution < -0.4 is 15.8 Å². The smallest absolute Gasteiger partial charge is 0.119 e. The molecule has 0 saturated heterocycles. The molecule has 0 aliphatic rings. The topological polar surface area (TPSA) is 56.5 Å². The molecule has 1 aromatic carbocycles. The van der Waals surface area contributed by atoms with Gasteiger partial charge in [-0.25, -0.2) is 0 Å². The molecule has 3 N–H and O–H groups in total. The lowest BCUT2D eigenvalue weighted by Crippen LogP contribution is -2.31. The average Bonchev–Trinajstić information content (AvgIpc) is 2.43. The molecule has 0 heterocycles. The highest BCUT2D eigenvalue weighted by molar-refractivity contribution is 9.10. The van der Waals surface area contributed by atoms with Crippen LogP contribution in [-0.2, 0) is 4.74 Å². The van der Waals surface area contributed by atoms with Gasteiger partial charge in [0.25, 0.3) is 0 Å². The average molecular weight is 343 g/mol. The van der Waals surface area contributed by atoms with Gasteiger partial charge in [-0.05, 0) is 30.7 Å². The summed E-state index contributed by atoms with van der Waals surface area (Å²) in [6.45, 7) is 8.21. The second-order valence-electron chi connectivity index (χ2n) is 4.64. The van der Waals surface area contributed by atoms with Gasteiger partial charge in [-0.15, -0.1) is 0 Å². The Morgan fingerprint density at radius 2 is 2.25 bits per heavy atom. The molecule has 4 nitrogen and oxygen atoms in total. The number of hydrogen-bond acceptors (Lipinski definition) is 4. The number of nitrogens with one attached hydrogen (secondary N) is 1. The second kappa shape index (κ2) is 9.13. The fourth-order valence-electron chi connectivity index (χ4n) is 1.79. The molecule has 0 fully saturated rings. The zero-order valence-corrected chi connectivity index (χ0v) is 13.7. The van der Waals surface area contributed by atoms with Crippen LogP contribution in [0.5, 0.6) is 5.75 Å². The minimum absolute atomic E-state index is 0.0629. The Hall–Kier alpha value is -0.880. The van der Waals surface area contributed by atoms with Crippen LogP contribution in [0.25, 0.3) is 0 Å². The number of rotatable bonds is 9. The minimum Gasteiger partial charge on any atom is -0.497 e. The van der Waals surface area contributed by atoms with Crippen LogP contribution in [-0.4, -0.2) is 33.4 Å². The van der Waals surface area contributed by atoms with Crippen molar-refractivity contribution in [3.05, 3.63) is 40.4 Å². The SMILES string of the molecule is C=C(C)COCCNC(CN)c1cc(OC)ccc1Br. The van der Waals surface area contributed by atoms with Crippen LogP contribution in [0.2, 0.25) is 0 Å². The Kier molecular flexibility index (Phi) is 7.84. The van der Waals surface area contributed by atoms with E-state index in [0.29, 0.717) is 19.8 Å². The predicted octanol–water partition coefficient (Wildman–Crippen LogP) is 2.64. The van der Waals surface area contributed by atoms with Gasteiger partial charge in [0.1, 0.15) is 5.75 Å². The summed E-state index contributed by atoms with van der Waals surface area (Å²) in [5.74, 6) is 0.821. The molecule has 20 heavy (non-hydrogen) atoms. The molecule has 0 bridgehead atoms. The second-order valence-corrected chi connectivity index (χ2v) is 5.49. The van der Waals surface area contributed by atoms with Crippen LogP contribution in [0, 0.1) is 0 Å². The number of nitrogens with two attached hydrogens (primary N) is 1. The number of ether oxygens (including phenoxy) is 2. The van der Waals surface area contributed by atoms with Crippen LogP contribution in [0.1, 0.15) is 18.5 Å². The third-order valence-electron chi connectivity index (χ3n) is 2.80. The van der Waals surface area contributed by atoms with Gasteiger partial charge in [-0.3, -0.25) is 0 Å². The summed E-state index contributed by atoms with van der Waals surface area (Å²) in [6.07, 6.45) is 0. The first-order valence-electron chi connectivity index (χ1n) is 6.57. The molecule has 0 amide bonds. The van der Waals surface area contributed by atoms with Crippen LogP contribution in [0.4, 0.5) is 0 Å². The number of halogens is 1. The highest BCUT2D eigenvalue weighted by atomic mass is 79.9. The van der Waals surface area contributed by atoms with Gasteiger partial charge >= 0.3 is 0 Å². The molecule has 0 radical (unpaired) electrons. The van der Waals surface area contributed by atoms with E-state index in [4.69, 9.17) is 15.2 Å². The van der Waals surface area contributed by atoms with Crippen molar-refractivity contribution in [2.75, 3.05) is 33.4 Å². The lowest BCUT2D eigenvalue weighted by molar-refractivity contribution is 0.155. The summed E-state index contributed by atoms with van der Waals surface area (Å²) >= 11 is 3.55. The van der Waals surface area contributed by atoms with Gasteiger partial charge in [0.2, 0.25) is 0 Å². The molecular weight excluding hydrogens is 320 g/mol. The first-order chi connectivity index (χ1) is 9.58. The van der Waals surface area contributed by atoms with Gasteiger partial charge < -0.3 is 20.5 Å². The predicted molar refractivity (Wildman–Crippen MR) is 86.1 cm³/mol. The fraction of sp³-hybridized carbons (Fsp3) is 0.467. The van der Waals surface area contributed by atoms with Crippen LogP contribution in [0.3, 0.4) is 0 Å². The van der Waals surface area contributed by atoms with E-state index in [1.165, 1.54) is 0 Å². The fourth-order valence-corrected chi connectivity index (χ4v) is 2.31. The third-order valence-corrected chi connectivity index (χ3v) is 3.52. The van der Waals surface area contributed by atoms with Crippen LogP contribution >= 0.6 is 15.9 Å². The van der Waals surface area contributed by atoms with Crippen LogP contribution in [0.15, 0.2) is 34.8 Å². The van der Waals surface area contributed by atoms with E-state index in [0.717, 1.165) is 27.9 Å². The molecule has 0 aromatic heterocycles. The van der Waals surface area contributed by atoms with E-state index in [-0.39, 0.29) is 6.04 Å². The van der Waals surface area contributed by atoms with Crippen molar-refractivity contribution >= 4 is 15.9 Å². The highest BCUT2D eigenvalue weighted by Crippen LogP contribution is 2.27. The van der Waals surface area contributed by atoms with Gasteiger partial charge in [-0.2, -0.15) is 0 Å². The van der Waals surface area contributed by atoms with Crippen molar-refractivity contribution in [2.24, 2.45) is 5.73 Å². The van der Waals surface area contributed by atoms with Crippen molar-refractivity contribution in [1.82, 2.24) is 5.32 Å². The Bertz CT molecular complexity index is 438. The molecule has 5 heteroatoms. The van der Waals surface area contributed by atoms with E-state index < -0.39 is 0 Å². The highest BCUT2D eigenvalue weighted by Gasteiger charge is 2.13. The number of hydrogen-bond donors (Lipinski definition) is 2. The maximum Gasteiger partial charge on any atom is 0.119 e. The first-order valence-corrected chi connectivity index (χ1v) is 7.36. The van der Waals surface area contributed by atoms with E-state index in [2.05, 4.69) is 27.8 Å². The summed E-state index contributed by atoms with van der Waals surface area (Å²) < 4.78 is 11.7. The normalized spacial score (nSPS) is 12.2. The van der Waals surface area contributed by atoms with Gasteiger partial charge in [0.15, 0.2) is 0 Å². The standard InChI is InChI=1S/C15H23BrN2O2/c1-11(2)10-20-7-6-18-15(9-17)13-8-12(19-3)4-5-14(13)16/h4-5,8,15,18H,1,6-7,9-10,17H2,2-3H3.